The molecule has 24 heavy (non-hydrogen) atoms. The first kappa shape index (κ1) is 22.2. The van der Waals surface area contributed by atoms with Gasteiger partial charge in [-0.1, -0.05) is 25.4 Å². The van der Waals surface area contributed by atoms with Crippen LogP contribution >= 0.6 is 24.0 Å². The standard InChI is InChI=1S/C15H21ClN4O3.ClH/c1-8(2)13(17)15(23)19-7-12(21)20-9-4-5-11(16)10(6-9)14(22)18-3;/h4-6,8,13H,7,17H2,1-3H3,(H,18,22)(H,19,23)(H,20,21);1H/t13-;/m0./s1. The van der Waals surface area contributed by atoms with E-state index in [-0.39, 0.29) is 41.4 Å². The van der Waals surface area contributed by atoms with Crippen LogP contribution in [0.25, 0.3) is 0 Å². The van der Waals surface area contributed by atoms with Crippen LogP contribution in [0, 0.1) is 5.92 Å². The van der Waals surface area contributed by atoms with Gasteiger partial charge >= 0.3 is 0 Å². The summed E-state index contributed by atoms with van der Waals surface area (Å²) in [7, 11) is 1.48. The van der Waals surface area contributed by atoms with Crippen molar-refractivity contribution in [3.05, 3.63) is 28.8 Å². The van der Waals surface area contributed by atoms with Crippen LogP contribution in [-0.2, 0) is 9.59 Å². The number of carbonyl (C=O) groups is 3. The van der Waals surface area contributed by atoms with Crippen LogP contribution in [0.4, 0.5) is 5.69 Å². The fourth-order valence-corrected chi connectivity index (χ4v) is 1.91. The molecule has 0 heterocycles. The summed E-state index contributed by atoms with van der Waals surface area (Å²) in [6.07, 6.45) is 0. The molecule has 0 aliphatic heterocycles. The summed E-state index contributed by atoms with van der Waals surface area (Å²) in [5.74, 6) is -1.21. The molecule has 3 amide bonds. The van der Waals surface area contributed by atoms with Crippen LogP contribution in [-0.4, -0.2) is 37.4 Å². The number of nitrogens with one attached hydrogen (secondary N) is 3. The molecule has 7 nitrogen and oxygen atoms in total. The highest BCUT2D eigenvalue weighted by Crippen LogP contribution is 2.20. The van der Waals surface area contributed by atoms with Crippen molar-refractivity contribution >= 4 is 47.4 Å². The van der Waals surface area contributed by atoms with E-state index >= 15 is 0 Å². The molecule has 0 bridgehead atoms. The number of benzene rings is 1. The molecule has 1 rings (SSSR count). The number of amides is 3. The van der Waals surface area contributed by atoms with Gasteiger partial charge in [-0.2, -0.15) is 0 Å². The quantitative estimate of drug-likeness (QED) is 0.596. The first-order valence-corrected chi connectivity index (χ1v) is 7.48. The Morgan fingerprint density at radius 3 is 2.42 bits per heavy atom. The highest BCUT2D eigenvalue weighted by atomic mass is 35.5. The summed E-state index contributed by atoms with van der Waals surface area (Å²) in [5, 5.41) is 7.78. The number of anilines is 1. The maximum absolute atomic E-state index is 11.8. The average Bonchev–Trinajstić information content (AvgIpc) is 2.52. The molecule has 0 aromatic heterocycles. The molecular weight excluding hydrogens is 355 g/mol. The molecule has 1 aromatic rings. The summed E-state index contributed by atoms with van der Waals surface area (Å²) in [6.45, 7) is 3.42. The van der Waals surface area contributed by atoms with Gasteiger partial charge in [0.1, 0.15) is 0 Å². The van der Waals surface area contributed by atoms with Gasteiger partial charge in [-0.3, -0.25) is 14.4 Å². The van der Waals surface area contributed by atoms with Gasteiger partial charge in [-0.05, 0) is 24.1 Å². The Labute approximate surface area is 152 Å². The Morgan fingerprint density at radius 2 is 1.88 bits per heavy atom. The Balaban J connectivity index is 0.00000529. The first-order valence-electron chi connectivity index (χ1n) is 7.11. The number of rotatable bonds is 6. The highest BCUT2D eigenvalue weighted by molar-refractivity contribution is 6.34. The Morgan fingerprint density at radius 1 is 1.25 bits per heavy atom. The van der Waals surface area contributed by atoms with E-state index in [4.69, 9.17) is 17.3 Å². The molecule has 134 valence electrons. The third-order valence-electron chi connectivity index (χ3n) is 3.17. The smallest absolute Gasteiger partial charge is 0.252 e. The minimum Gasteiger partial charge on any atom is -0.355 e. The highest BCUT2D eigenvalue weighted by Gasteiger charge is 2.18. The topological polar surface area (TPSA) is 113 Å². The van der Waals surface area contributed by atoms with Crippen molar-refractivity contribution in [3.63, 3.8) is 0 Å². The minimum absolute atomic E-state index is 0. The van der Waals surface area contributed by atoms with Crippen molar-refractivity contribution in [2.45, 2.75) is 19.9 Å². The molecule has 0 saturated heterocycles. The average molecular weight is 377 g/mol. The summed E-state index contributed by atoms with van der Waals surface area (Å²) in [6, 6.07) is 3.86. The Kier molecular flexibility index (Phi) is 9.35. The fraction of sp³-hybridized carbons (Fsp3) is 0.400. The normalized spacial score (nSPS) is 11.2. The second-order valence-electron chi connectivity index (χ2n) is 5.31. The van der Waals surface area contributed by atoms with Crippen LogP contribution in [0.2, 0.25) is 5.02 Å². The van der Waals surface area contributed by atoms with Crippen molar-refractivity contribution in [3.8, 4) is 0 Å². The van der Waals surface area contributed by atoms with E-state index in [1.165, 1.54) is 19.2 Å². The molecule has 5 N–H and O–H groups in total. The molecule has 0 saturated carbocycles. The minimum atomic E-state index is -0.668. The lowest BCUT2D eigenvalue weighted by atomic mass is 10.1. The van der Waals surface area contributed by atoms with Crippen LogP contribution in [0.5, 0.6) is 0 Å². The van der Waals surface area contributed by atoms with Crippen molar-refractivity contribution in [2.24, 2.45) is 11.7 Å². The number of hydrogen-bond donors (Lipinski definition) is 4. The Bertz CT molecular complexity index is 608. The van der Waals surface area contributed by atoms with Crippen molar-refractivity contribution in [2.75, 3.05) is 18.9 Å². The van der Waals surface area contributed by atoms with E-state index in [0.717, 1.165) is 0 Å². The summed E-state index contributed by atoms with van der Waals surface area (Å²) >= 11 is 5.93. The monoisotopic (exact) mass is 376 g/mol. The summed E-state index contributed by atoms with van der Waals surface area (Å²) in [5.41, 5.74) is 6.33. The Hall–Kier alpha value is -1.83. The van der Waals surface area contributed by atoms with E-state index in [1.54, 1.807) is 6.07 Å². The van der Waals surface area contributed by atoms with E-state index < -0.39 is 17.9 Å². The molecule has 0 aliphatic rings. The summed E-state index contributed by atoms with van der Waals surface area (Å²) in [4.78, 5) is 35.2. The number of hydrogen-bond acceptors (Lipinski definition) is 4. The van der Waals surface area contributed by atoms with Crippen molar-refractivity contribution in [1.29, 1.82) is 0 Å². The zero-order chi connectivity index (χ0) is 17.6. The molecular formula is C15H22Cl2N4O3. The van der Waals surface area contributed by atoms with Gasteiger partial charge in [0.25, 0.3) is 5.91 Å². The van der Waals surface area contributed by atoms with Gasteiger partial charge in [0.15, 0.2) is 0 Å². The van der Waals surface area contributed by atoms with Crippen LogP contribution in [0.1, 0.15) is 24.2 Å². The first-order chi connectivity index (χ1) is 10.8. The lowest BCUT2D eigenvalue weighted by Crippen LogP contribution is -2.46. The number of nitrogens with two attached hydrogens (primary N) is 1. The second-order valence-corrected chi connectivity index (χ2v) is 5.72. The van der Waals surface area contributed by atoms with Gasteiger partial charge in [-0.15, -0.1) is 12.4 Å². The molecule has 0 spiro atoms. The SMILES string of the molecule is CNC(=O)c1cc(NC(=O)CNC(=O)[C@@H](N)C(C)C)ccc1Cl.Cl. The molecule has 1 atom stereocenters. The summed E-state index contributed by atoms with van der Waals surface area (Å²) < 4.78 is 0. The molecule has 9 heteroatoms. The van der Waals surface area contributed by atoms with Crippen LogP contribution in [0.15, 0.2) is 18.2 Å². The van der Waals surface area contributed by atoms with Crippen LogP contribution in [0.3, 0.4) is 0 Å². The van der Waals surface area contributed by atoms with Gasteiger partial charge in [-0.25, -0.2) is 0 Å². The second kappa shape index (κ2) is 10.1. The van der Waals surface area contributed by atoms with Gasteiger partial charge < -0.3 is 21.7 Å². The van der Waals surface area contributed by atoms with Gasteiger partial charge in [0, 0.05) is 12.7 Å². The van der Waals surface area contributed by atoms with Crippen molar-refractivity contribution in [1.82, 2.24) is 10.6 Å². The molecule has 1 aromatic carbocycles. The van der Waals surface area contributed by atoms with Crippen LogP contribution < -0.4 is 21.7 Å². The molecule has 0 aliphatic carbocycles. The molecule has 0 fully saturated rings. The predicted molar refractivity (Wildman–Crippen MR) is 96.5 cm³/mol. The lowest BCUT2D eigenvalue weighted by molar-refractivity contribution is -0.125. The zero-order valence-electron chi connectivity index (χ0n) is 13.7. The molecule has 0 radical (unpaired) electrons. The third kappa shape index (κ3) is 6.35. The lowest BCUT2D eigenvalue weighted by Gasteiger charge is -2.15. The van der Waals surface area contributed by atoms with Crippen molar-refractivity contribution < 1.29 is 14.4 Å². The zero-order valence-corrected chi connectivity index (χ0v) is 15.3. The molecule has 0 unspecified atom stereocenters. The van der Waals surface area contributed by atoms with Gasteiger partial charge in [0.05, 0.1) is 23.2 Å². The van der Waals surface area contributed by atoms with E-state index in [2.05, 4.69) is 16.0 Å². The maximum atomic E-state index is 11.8. The number of carbonyl (C=O) groups excluding carboxylic acids is 3. The number of halogens is 2. The predicted octanol–water partition coefficient (Wildman–Crippen LogP) is 1.16. The van der Waals surface area contributed by atoms with E-state index in [9.17, 15) is 14.4 Å². The largest absolute Gasteiger partial charge is 0.355 e. The van der Waals surface area contributed by atoms with E-state index in [1.807, 2.05) is 13.8 Å². The van der Waals surface area contributed by atoms with Gasteiger partial charge in [0.2, 0.25) is 11.8 Å². The maximum Gasteiger partial charge on any atom is 0.252 e. The fourth-order valence-electron chi connectivity index (χ4n) is 1.70. The third-order valence-corrected chi connectivity index (χ3v) is 3.50. The van der Waals surface area contributed by atoms with E-state index in [0.29, 0.717) is 5.69 Å².